The monoisotopic (exact) mass is 336 g/mol. The smallest absolute Gasteiger partial charge is 0.308 e. The molecule has 1 amide bonds. The lowest BCUT2D eigenvalue weighted by Crippen LogP contribution is -2.13. The second-order valence-electron chi connectivity index (χ2n) is 4.99. The van der Waals surface area contributed by atoms with Gasteiger partial charge in [0.1, 0.15) is 11.6 Å². The lowest BCUT2D eigenvalue weighted by atomic mass is 10.1. The van der Waals surface area contributed by atoms with E-state index in [2.05, 4.69) is 5.32 Å². The van der Waals surface area contributed by atoms with E-state index in [-0.39, 0.29) is 11.3 Å². The van der Waals surface area contributed by atoms with Crippen molar-refractivity contribution in [2.24, 2.45) is 0 Å². The van der Waals surface area contributed by atoms with Crippen LogP contribution in [0, 0.1) is 11.3 Å². The van der Waals surface area contributed by atoms with Crippen LogP contribution in [0.25, 0.3) is 6.08 Å². The third kappa shape index (κ3) is 4.94. The van der Waals surface area contributed by atoms with Gasteiger partial charge in [-0.3, -0.25) is 9.59 Å². The van der Waals surface area contributed by atoms with E-state index in [4.69, 9.17) is 9.47 Å². The first-order valence-corrected chi connectivity index (χ1v) is 7.38. The fourth-order valence-electron chi connectivity index (χ4n) is 2.05. The lowest BCUT2D eigenvalue weighted by Gasteiger charge is -2.09. The molecular formula is C19H16N2O4. The number of hydrogen-bond donors (Lipinski definition) is 1. The van der Waals surface area contributed by atoms with Gasteiger partial charge in [0.15, 0.2) is 11.5 Å². The molecule has 2 aromatic rings. The van der Waals surface area contributed by atoms with Gasteiger partial charge < -0.3 is 14.8 Å². The molecule has 2 rings (SSSR count). The Morgan fingerprint density at radius 2 is 1.84 bits per heavy atom. The van der Waals surface area contributed by atoms with Crippen LogP contribution in [0.3, 0.4) is 0 Å². The molecule has 0 unspecified atom stereocenters. The Labute approximate surface area is 145 Å². The number of hydrogen-bond acceptors (Lipinski definition) is 5. The van der Waals surface area contributed by atoms with Crippen molar-refractivity contribution in [3.63, 3.8) is 0 Å². The van der Waals surface area contributed by atoms with E-state index < -0.39 is 11.9 Å². The molecule has 2 aromatic carbocycles. The van der Waals surface area contributed by atoms with E-state index >= 15 is 0 Å². The van der Waals surface area contributed by atoms with Gasteiger partial charge in [-0.05, 0) is 35.9 Å². The maximum absolute atomic E-state index is 12.2. The summed E-state index contributed by atoms with van der Waals surface area (Å²) in [5, 5.41) is 11.9. The molecule has 25 heavy (non-hydrogen) atoms. The maximum atomic E-state index is 12.2. The number of rotatable bonds is 5. The molecule has 0 atom stereocenters. The second-order valence-corrected chi connectivity index (χ2v) is 4.99. The van der Waals surface area contributed by atoms with Crippen molar-refractivity contribution in [2.75, 3.05) is 12.4 Å². The van der Waals surface area contributed by atoms with Crippen molar-refractivity contribution in [1.29, 1.82) is 5.26 Å². The molecule has 0 spiro atoms. The van der Waals surface area contributed by atoms with Gasteiger partial charge in [-0.25, -0.2) is 0 Å². The normalized spacial score (nSPS) is 10.5. The van der Waals surface area contributed by atoms with E-state index in [1.54, 1.807) is 36.4 Å². The van der Waals surface area contributed by atoms with Crippen molar-refractivity contribution in [2.45, 2.75) is 6.92 Å². The number of ether oxygens (including phenoxy) is 2. The minimum Gasteiger partial charge on any atom is -0.493 e. The molecule has 0 bridgehead atoms. The first-order valence-electron chi connectivity index (χ1n) is 7.38. The SMILES string of the molecule is COc1cc(/C=C(/C#N)C(=O)Nc2ccccc2)ccc1OC(C)=O. The standard InChI is InChI=1S/C19H16N2O4/c1-13(22)25-17-9-8-14(11-18(17)24-2)10-15(12-20)19(23)21-16-6-4-3-5-7-16/h3-11H,1-2H3,(H,21,23)/b15-10-. The van der Waals surface area contributed by atoms with Gasteiger partial charge in [-0.15, -0.1) is 0 Å². The average Bonchev–Trinajstić information content (AvgIpc) is 2.61. The van der Waals surface area contributed by atoms with Crippen molar-refractivity contribution in [3.8, 4) is 17.6 Å². The fourth-order valence-corrected chi connectivity index (χ4v) is 2.05. The second kappa shape index (κ2) is 8.31. The molecule has 0 fully saturated rings. The van der Waals surface area contributed by atoms with E-state index in [0.717, 1.165) is 0 Å². The van der Waals surface area contributed by atoms with Crippen LogP contribution in [-0.4, -0.2) is 19.0 Å². The zero-order valence-corrected chi connectivity index (χ0v) is 13.8. The highest BCUT2D eigenvalue weighted by molar-refractivity contribution is 6.09. The van der Waals surface area contributed by atoms with Gasteiger partial charge in [-0.2, -0.15) is 5.26 Å². The molecule has 6 nitrogen and oxygen atoms in total. The molecule has 126 valence electrons. The first-order chi connectivity index (χ1) is 12.0. The average molecular weight is 336 g/mol. The number of carbonyl (C=O) groups is 2. The van der Waals surface area contributed by atoms with Crippen LogP contribution in [0.1, 0.15) is 12.5 Å². The predicted molar refractivity (Wildman–Crippen MR) is 93.0 cm³/mol. The Kier molecular flexibility index (Phi) is 5.91. The summed E-state index contributed by atoms with van der Waals surface area (Å²) in [5.74, 6) is -0.401. The molecule has 0 heterocycles. The summed E-state index contributed by atoms with van der Waals surface area (Å²) in [7, 11) is 1.43. The maximum Gasteiger partial charge on any atom is 0.308 e. The van der Waals surface area contributed by atoms with Gasteiger partial charge >= 0.3 is 5.97 Å². The van der Waals surface area contributed by atoms with Gasteiger partial charge in [0.2, 0.25) is 0 Å². The predicted octanol–water partition coefficient (Wildman–Crippen LogP) is 3.17. The van der Waals surface area contributed by atoms with Crippen LogP contribution in [0.4, 0.5) is 5.69 Å². The zero-order valence-electron chi connectivity index (χ0n) is 13.8. The molecule has 0 aliphatic rings. The molecule has 1 N–H and O–H groups in total. The highest BCUT2D eigenvalue weighted by atomic mass is 16.6. The summed E-state index contributed by atoms with van der Waals surface area (Å²) in [6.07, 6.45) is 1.43. The van der Waals surface area contributed by atoms with Crippen LogP contribution in [0.2, 0.25) is 0 Å². The topological polar surface area (TPSA) is 88.4 Å². The summed E-state index contributed by atoms with van der Waals surface area (Å²) in [5.41, 5.74) is 1.09. The third-order valence-electron chi connectivity index (χ3n) is 3.15. The molecule has 0 aromatic heterocycles. The summed E-state index contributed by atoms with van der Waals surface area (Å²) in [6.45, 7) is 1.29. The Balaban J connectivity index is 2.25. The minimum absolute atomic E-state index is 0.0638. The number of esters is 1. The van der Waals surface area contributed by atoms with Gasteiger partial charge in [0, 0.05) is 12.6 Å². The molecule has 0 aliphatic heterocycles. The van der Waals surface area contributed by atoms with E-state index in [1.807, 2.05) is 12.1 Å². The number of nitriles is 1. The molecule has 0 radical (unpaired) electrons. The van der Waals surface area contributed by atoms with Gasteiger partial charge in [-0.1, -0.05) is 24.3 Å². The summed E-state index contributed by atoms with van der Waals surface area (Å²) < 4.78 is 10.2. The lowest BCUT2D eigenvalue weighted by molar-refractivity contribution is -0.132. The first kappa shape index (κ1) is 17.8. The summed E-state index contributed by atoms with van der Waals surface area (Å²) in [6, 6.07) is 15.5. The molecule has 0 aliphatic carbocycles. The number of nitrogens with zero attached hydrogens (tertiary/aromatic N) is 1. The minimum atomic E-state index is -0.517. The fraction of sp³-hybridized carbons (Fsp3) is 0.105. The van der Waals surface area contributed by atoms with Crippen LogP contribution in [-0.2, 0) is 9.59 Å². The summed E-state index contributed by atoms with van der Waals surface area (Å²) >= 11 is 0. The van der Waals surface area contributed by atoms with Crippen molar-refractivity contribution < 1.29 is 19.1 Å². The van der Waals surface area contributed by atoms with E-state index in [1.165, 1.54) is 26.2 Å². The number of amides is 1. The van der Waals surface area contributed by atoms with Gasteiger partial charge in [0.25, 0.3) is 5.91 Å². The molecule has 0 saturated carbocycles. The number of anilines is 1. The Morgan fingerprint density at radius 1 is 1.12 bits per heavy atom. The van der Waals surface area contributed by atoms with Gasteiger partial charge in [0.05, 0.1) is 7.11 Å². The molecule has 0 saturated heterocycles. The quantitative estimate of drug-likeness (QED) is 0.392. The largest absolute Gasteiger partial charge is 0.493 e. The Bertz CT molecular complexity index is 851. The number of benzene rings is 2. The van der Waals surface area contributed by atoms with E-state index in [0.29, 0.717) is 17.0 Å². The van der Waals surface area contributed by atoms with Crippen molar-refractivity contribution in [1.82, 2.24) is 0 Å². The Morgan fingerprint density at radius 3 is 2.44 bits per heavy atom. The number of carbonyl (C=O) groups excluding carboxylic acids is 2. The summed E-state index contributed by atoms with van der Waals surface area (Å²) in [4.78, 5) is 23.3. The highest BCUT2D eigenvalue weighted by Gasteiger charge is 2.11. The van der Waals surface area contributed by atoms with Crippen molar-refractivity contribution in [3.05, 3.63) is 59.7 Å². The van der Waals surface area contributed by atoms with Crippen LogP contribution in [0.15, 0.2) is 54.1 Å². The zero-order chi connectivity index (χ0) is 18.2. The highest BCUT2D eigenvalue weighted by Crippen LogP contribution is 2.29. The number of para-hydroxylation sites is 1. The van der Waals surface area contributed by atoms with Crippen LogP contribution < -0.4 is 14.8 Å². The third-order valence-corrected chi connectivity index (χ3v) is 3.15. The molecule has 6 heteroatoms. The Hall–Kier alpha value is -3.59. The number of methoxy groups -OCH3 is 1. The van der Waals surface area contributed by atoms with Crippen LogP contribution in [0.5, 0.6) is 11.5 Å². The number of nitrogens with one attached hydrogen (secondary N) is 1. The van der Waals surface area contributed by atoms with E-state index in [9.17, 15) is 14.9 Å². The van der Waals surface area contributed by atoms with Crippen molar-refractivity contribution >= 4 is 23.6 Å². The molecular weight excluding hydrogens is 320 g/mol. The van der Waals surface area contributed by atoms with Crippen LogP contribution >= 0.6 is 0 Å².